The smallest absolute Gasteiger partial charge is 0.264 e. The van der Waals surface area contributed by atoms with Crippen LogP contribution in [0.5, 0.6) is 5.75 Å². The van der Waals surface area contributed by atoms with Crippen LogP contribution >= 0.6 is 0 Å². The van der Waals surface area contributed by atoms with E-state index in [-0.39, 0.29) is 24.5 Å². The van der Waals surface area contributed by atoms with Gasteiger partial charge >= 0.3 is 0 Å². The molecule has 2 aromatic heterocycles. The number of carbonyl (C=O) groups is 3. The van der Waals surface area contributed by atoms with Crippen LogP contribution in [0.3, 0.4) is 0 Å². The summed E-state index contributed by atoms with van der Waals surface area (Å²) >= 11 is 0. The van der Waals surface area contributed by atoms with E-state index in [0.717, 1.165) is 27.1 Å². The van der Waals surface area contributed by atoms with Gasteiger partial charge in [0.1, 0.15) is 23.5 Å². The topological polar surface area (TPSA) is 129 Å². The molecule has 3 aromatic carbocycles. The minimum absolute atomic E-state index is 0.190. The molecule has 10 nitrogen and oxygen atoms in total. The van der Waals surface area contributed by atoms with Crippen LogP contribution in [0.15, 0.2) is 98.0 Å². The van der Waals surface area contributed by atoms with Crippen molar-refractivity contribution in [2.75, 3.05) is 17.4 Å². The molecule has 1 aliphatic heterocycles. The van der Waals surface area contributed by atoms with Crippen molar-refractivity contribution in [2.45, 2.75) is 0 Å². The van der Waals surface area contributed by atoms with Gasteiger partial charge in [0.2, 0.25) is 5.91 Å². The number of amides is 3. The van der Waals surface area contributed by atoms with E-state index >= 15 is 0 Å². The Bertz CT molecular complexity index is 1760. The summed E-state index contributed by atoms with van der Waals surface area (Å²) < 4.78 is 5.74. The Morgan fingerprint density at radius 3 is 2.40 bits per heavy atom. The van der Waals surface area contributed by atoms with Gasteiger partial charge in [-0.2, -0.15) is 0 Å². The highest BCUT2D eigenvalue weighted by atomic mass is 16.5. The number of fused-ring (bicyclic) bond motifs is 2. The fourth-order valence-corrected chi connectivity index (χ4v) is 4.51. The van der Waals surface area contributed by atoms with Crippen LogP contribution < -0.4 is 15.4 Å². The summed E-state index contributed by atoms with van der Waals surface area (Å²) in [6.45, 7) is 3.30. The summed E-state index contributed by atoms with van der Waals surface area (Å²) in [4.78, 5) is 49.9. The highest BCUT2D eigenvalue weighted by molar-refractivity contribution is 6.21. The number of hydrogen-bond acceptors (Lipinski definition) is 7. The molecular formula is C30H22N6O4. The number of ether oxygens (including phenoxy) is 1. The fraction of sp³-hybridized carbons (Fsp3) is 0.0333. The zero-order chi connectivity index (χ0) is 27.6. The number of hydrogen-bond donors (Lipinski definition) is 3. The first-order valence-electron chi connectivity index (χ1n) is 12.3. The van der Waals surface area contributed by atoms with E-state index in [2.05, 4.69) is 32.2 Å². The standard InChI is InChI=1S/C30H22N6O4/c1-2-25(37)34-20-7-5-6-18(14-20)24-15-31-27-26(24)28(33-16-32-27)35-19-10-12-21(13-11-19)40-17-36-29(38)22-8-3-4-9-23(22)30(36)39/h2-16H,1,17H2,(H,34,37)(H2,31,32,33,35). The molecule has 3 N–H and O–H groups in total. The predicted octanol–water partition coefficient (Wildman–Crippen LogP) is 5.13. The highest BCUT2D eigenvalue weighted by Gasteiger charge is 2.35. The monoisotopic (exact) mass is 530 g/mol. The number of H-pyrrole nitrogens is 1. The molecule has 40 heavy (non-hydrogen) atoms. The Labute approximate surface area is 228 Å². The van der Waals surface area contributed by atoms with Gasteiger partial charge in [-0.25, -0.2) is 14.9 Å². The molecule has 0 atom stereocenters. The van der Waals surface area contributed by atoms with E-state index in [1.807, 2.05) is 36.5 Å². The number of anilines is 3. The van der Waals surface area contributed by atoms with Crippen molar-refractivity contribution in [1.29, 1.82) is 0 Å². The Balaban J connectivity index is 1.19. The molecular weight excluding hydrogens is 508 g/mol. The third-order valence-corrected chi connectivity index (χ3v) is 6.45. The van der Waals surface area contributed by atoms with Crippen LogP contribution in [0.2, 0.25) is 0 Å². The van der Waals surface area contributed by atoms with E-state index in [1.54, 1.807) is 42.5 Å². The Kier molecular flexibility index (Phi) is 6.25. The van der Waals surface area contributed by atoms with Crippen molar-refractivity contribution in [2.24, 2.45) is 0 Å². The molecule has 196 valence electrons. The summed E-state index contributed by atoms with van der Waals surface area (Å²) in [5.41, 5.74) is 4.51. The van der Waals surface area contributed by atoms with E-state index < -0.39 is 0 Å². The molecule has 0 bridgehead atoms. The average Bonchev–Trinajstić information content (AvgIpc) is 3.52. The molecule has 0 fully saturated rings. The van der Waals surface area contributed by atoms with Gasteiger partial charge in [-0.1, -0.05) is 30.8 Å². The number of aromatic amines is 1. The largest absolute Gasteiger partial charge is 0.473 e. The first kappa shape index (κ1) is 24.6. The first-order chi connectivity index (χ1) is 19.5. The van der Waals surface area contributed by atoms with Gasteiger partial charge in [-0.3, -0.25) is 14.4 Å². The summed E-state index contributed by atoms with van der Waals surface area (Å²) in [6.07, 6.45) is 4.52. The SMILES string of the molecule is C=CC(=O)Nc1cccc(-c2c[nH]c3ncnc(Nc4ccc(OCN5C(=O)c6ccccc6C5=O)cc4)c23)c1. The molecule has 10 heteroatoms. The molecule has 6 rings (SSSR count). The van der Waals surface area contributed by atoms with Crippen LogP contribution in [-0.2, 0) is 4.79 Å². The molecule has 3 heterocycles. The minimum atomic E-state index is -0.373. The fourth-order valence-electron chi connectivity index (χ4n) is 4.51. The van der Waals surface area contributed by atoms with Crippen molar-refractivity contribution in [1.82, 2.24) is 19.9 Å². The van der Waals surface area contributed by atoms with Gasteiger partial charge in [-0.15, -0.1) is 0 Å². The van der Waals surface area contributed by atoms with Crippen molar-refractivity contribution in [3.8, 4) is 16.9 Å². The molecule has 1 aliphatic rings. The molecule has 5 aromatic rings. The highest BCUT2D eigenvalue weighted by Crippen LogP contribution is 2.34. The lowest BCUT2D eigenvalue weighted by atomic mass is 10.1. The van der Waals surface area contributed by atoms with Crippen LogP contribution in [0.1, 0.15) is 20.7 Å². The molecule has 0 spiro atoms. The minimum Gasteiger partial charge on any atom is -0.473 e. The number of nitrogens with one attached hydrogen (secondary N) is 3. The lowest BCUT2D eigenvalue weighted by Gasteiger charge is -2.15. The van der Waals surface area contributed by atoms with Crippen LogP contribution in [-0.4, -0.2) is 44.3 Å². The summed E-state index contributed by atoms with van der Waals surface area (Å²) in [5.74, 6) is 0.0419. The van der Waals surface area contributed by atoms with Gasteiger partial charge < -0.3 is 20.4 Å². The molecule has 3 amide bonds. The van der Waals surface area contributed by atoms with E-state index in [1.165, 1.54) is 12.4 Å². The summed E-state index contributed by atoms with van der Waals surface area (Å²) in [7, 11) is 0. The van der Waals surface area contributed by atoms with Crippen molar-refractivity contribution >= 4 is 45.9 Å². The van der Waals surface area contributed by atoms with Gasteiger partial charge in [0, 0.05) is 23.1 Å². The number of rotatable bonds is 8. The lowest BCUT2D eigenvalue weighted by Crippen LogP contribution is -2.33. The third kappa shape index (κ3) is 4.54. The van der Waals surface area contributed by atoms with Crippen LogP contribution in [0.25, 0.3) is 22.2 Å². The zero-order valence-electron chi connectivity index (χ0n) is 21.0. The number of nitrogens with zero attached hydrogens (tertiary/aromatic N) is 3. The second-order valence-corrected chi connectivity index (χ2v) is 8.93. The maximum Gasteiger partial charge on any atom is 0.264 e. The normalized spacial score (nSPS) is 12.3. The number of carbonyl (C=O) groups excluding carboxylic acids is 3. The summed E-state index contributed by atoms with van der Waals surface area (Å²) in [6, 6.07) is 21.3. The second kappa shape index (κ2) is 10.2. The van der Waals surface area contributed by atoms with Gasteiger partial charge in [0.25, 0.3) is 11.8 Å². The van der Waals surface area contributed by atoms with E-state index in [4.69, 9.17) is 4.74 Å². The lowest BCUT2D eigenvalue weighted by molar-refractivity contribution is -0.111. The van der Waals surface area contributed by atoms with Crippen molar-refractivity contribution in [3.63, 3.8) is 0 Å². The Morgan fingerprint density at radius 2 is 1.68 bits per heavy atom. The van der Waals surface area contributed by atoms with Crippen LogP contribution in [0.4, 0.5) is 17.2 Å². The quantitative estimate of drug-likeness (QED) is 0.187. The Hall–Kier alpha value is -5.77. The zero-order valence-corrected chi connectivity index (χ0v) is 21.0. The number of imide groups is 1. The predicted molar refractivity (Wildman–Crippen MR) is 150 cm³/mol. The molecule has 0 unspecified atom stereocenters. The molecule has 0 saturated carbocycles. The van der Waals surface area contributed by atoms with E-state index in [9.17, 15) is 14.4 Å². The molecule has 0 radical (unpaired) electrons. The van der Waals surface area contributed by atoms with Crippen molar-refractivity contribution in [3.05, 3.63) is 109 Å². The molecule has 0 saturated heterocycles. The average molecular weight is 531 g/mol. The Morgan fingerprint density at radius 1 is 0.925 bits per heavy atom. The second-order valence-electron chi connectivity index (χ2n) is 8.93. The maximum atomic E-state index is 12.6. The van der Waals surface area contributed by atoms with Gasteiger partial charge in [-0.05, 0) is 60.2 Å². The summed E-state index contributed by atoms with van der Waals surface area (Å²) in [5, 5.41) is 6.87. The first-order valence-corrected chi connectivity index (χ1v) is 12.3. The number of aromatic nitrogens is 3. The van der Waals surface area contributed by atoms with Gasteiger partial charge in [0.05, 0.1) is 16.5 Å². The van der Waals surface area contributed by atoms with Crippen molar-refractivity contribution < 1.29 is 19.1 Å². The third-order valence-electron chi connectivity index (χ3n) is 6.45. The maximum absolute atomic E-state index is 12.6. The molecule has 0 aliphatic carbocycles. The van der Waals surface area contributed by atoms with E-state index in [0.29, 0.717) is 34.0 Å². The number of benzene rings is 3. The van der Waals surface area contributed by atoms with Crippen LogP contribution in [0, 0.1) is 0 Å². The van der Waals surface area contributed by atoms with Gasteiger partial charge in [0.15, 0.2) is 6.73 Å².